The van der Waals surface area contributed by atoms with Crippen molar-refractivity contribution in [2.24, 2.45) is 0 Å². The van der Waals surface area contributed by atoms with Crippen molar-refractivity contribution in [3.05, 3.63) is 64.2 Å². The summed E-state index contributed by atoms with van der Waals surface area (Å²) < 4.78 is 5.08. The maximum Gasteiger partial charge on any atom is 0.319 e. The summed E-state index contributed by atoms with van der Waals surface area (Å²) in [5.74, 6) is 0.783. The zero-order valence-corrected chi connectivity index (χ0v) is 12.6. The van der Waals surface area contributed by atoms with Crippen molar-refractivity contribution in [2.75, 3.05) is 19.0 Å². The number of nitrogens with zero attached hydrogens (tertiary/aromatic N) is 1. The first-order valence-electron chi connectivity index (χ1n) is 7.01. The average molecular weight is 315 g/mol. The van der Waals surface area contributed by atoms with E-state index in [0.717, 1.165) is 11.3 Å². The van der Waals surface area contributed by atoms with Gasteiger partial charge in [0.05, 0.1) is 12.0 Å². The number of anilines is 1. The van der Waals surface area contributed by atoms with Crippen LogP contribution < -0.4 is 15.4 Å². The van der Waals surface area contributed by atoms with Crippen LogP contribution >= 0.6 is 0 Å². The fourth-order valence-electron chi connectivity index (χ4n) is 1.99. The molecule has 0 atom stereocenters. The molecule has 0 aliphatic rings. The van der Waals surface area contributed by atoms with Crippen molar-refractivity contribution < 1.29 is 14.5 Å². The Labute approximate surface area is 133 Å². The van der Waals surface area contributed by atoms with Crippen LogP contribution in [-0.2, 0) is 6.42 Å². The Kier molecular flexibility index (Phi) is 5.51. The molecule has 0 aromatic heterocycles. The summed E-state index contributed by atoms with van der Waals surface area (Å²) in [6.45, 7) is 0.451. The smallest absolute Gasteiger partial charge is 0.319 e. The van der Waals surface area contributed by atoms with Crippen LogP contribution in [0, 0.1) is 10.1 Å². The zero-order valence-electron chi connectivity index (χ0n) is 12.6. The van der Waals surface area contributed by atoms with Crippen LogP contribution in [0.2, 0.25) is 0 Å². The van der Waals surface area contributed by atoms with E-state index < -0.39 is 11.0 Å². The molecule has 120 valence electrons. The molecule has 2 aromatic rings. The average Bonchev–Trinajstić information content (AvgIpc) is 2.55. The van der Waals surface area contributed by atoms with Crippen molar-refractivity contribution in [2.45, 2.75) is 6.42 Å². The van der Waals surface area contributed by atoms with E-state index in [1.807, 2.05) is 24.3 Å². The molecule has 2 rings (SSSR count). The van der Waals surface area contributed by atoms with Crippen molar-refractivity contribution in [3.63, 3.8) is 0 Å². The van der Waals surface area contributed by atoms with Crippen molar-refractivity contribution >= 4 is 17.4 Å². The molecule has 7 heteroatoms. The number of rotatable bonds is 6. The summed E-state index contributed by atoms with van der Waals surface area (Å²) in [5.41, 5.74) is 1.38. The van der Waals surface area contributed by atoms with E-state index in [2.05, 4.69) is 10.6 Å². The fourth-order valence-corrected chi connectivity index (χ4v) is 1.99. The van der Waals surface area contributed by atoms with E-state index in [1.165, 1.54) is 18.2 Å². The van der Waals surface area contributed by atoms with Gasteiger partial charge in [-0.1, -0.05) is 18.2 Å². The van der Waals surface area contributed by atoms with Gasteiger partial charge in [-0.15, -0.1) is 0 Å². The first-order valence-corrected chi connectivity index (χ1v) is 7.01. The molecule has 2 amide bonds. The maximum atomic E-state index is 11.8. The van der Waals surface area contributed by atoms with Gasteiger partial charge < -0.3 is 15.4 Å². The molecule has 0 heterocycles. The van der Waals surface area contributed by atoms with E-state index in [9.17, 15) is 14.9 Å². The maximum absolute atomic E-state index is 11.8. The summed E-state index contributed by atoms with van der Waals surface area (Å²) >= 11 is 0. The predicted molar refractivity (Wildman–Crippen MR) is 86.8 cm³/mol. The number of nitrogens with one attached hydrogen (secondary N) is 2. The van der Waals surface area contributed by atoms with Crippen LogP contribution in [-0.4, -0.2) is 24.6 Å². The van der Waals surface area contributed by atoms with Crippen LogP contribution in [0.4, 0.5) is 16.2 Å². The Morgan fingerprint density at radius 2 is 1.96 bits per heavy atom. The number of urea groups is 1. The van der Waals surface area contributed by atoms with E-state index in [1.54, 1.807) is 13.2 Å². The topological polar surface area (TPSA) is 93.5 Å². The van der Waals surface area contributed by atoms with E-state index in [-0.39, 0.29) is 5.69 Å². The first-order chi connectivity index (χ1) is 11.1. The highest BCUT2D eigenvalue weighted by Gasteiger charge is 2.07. The molecule has 2 aromatic carbocycles. The van der Waals surface area contributed by atoms with Crippen molar-refractivity contribution in [1.29, 1.82) is 0 Å². The zero-order chi connectivity index (χ0) is 16.7. The lowest BCUT2D eigenvalue weighted by Gasteiger charge is -2.08. The number of methoxy groups -OCH3 is 1. The predicted octanol–water partition coefficient (Wildman–Crippen LogP) is 2.97. The molecule has 2 N–H and O–H groups in total. The number of carbonyl (C=O) groups excluding carboxylic acids is 1. The summed E-state index contributed by atoms with van der Waals surface area (Å²) in [5, 5.41) is 16.0. The van der Waals surface area contributed by atoms with Gasteiger partial charge >= 0.3 is 6.03 Å². The Hall–Kier alpha value is -3.09. The number of non-ortho nitro benzene ring substituents is 1. The molecule has 0 fully saturated rings. The van der Waals surface area contributed by atoms with E-state index in [0.29, 0.717) is 18.7 Å². The summed E-state index contributed by atoms with van der Waals surface area (Å²) in [6.07, 6.45) is 0.673. The lowest BCUT2D eigenvalue weighted by atomic mass is 10.1. The third kappa shape index (κ3) is 4.99. The second-order valence-corrected chi connectivity index (χ2v) is 4.79. The van der Waals surface area contributed by atoms with E-state index >= 15 is 0 Å². The Morgan fingerprint density at radius 3 is 2.61 bits per heavy atom. The van der Waals surface area contributed by atoms with Crippen LogP contribution in [0.5, 0.6) is 5.75 Å². The van der Waals surface area contributed by atoms with Crippen LogP contribution in [0.1, 0.15) is 5.56 Å². The monoisotopic (exact) mass is 315 g/mol. The standard InChI is InChI=1S/C16H17N3O4/c1-23-15-7-5-12(6-8-15)9-10-17-16(20)18-13-3-2-4-14(11-13)19(21)22/h2-8,11H,9-10H2,1H3,(H2,17,18,20). The molecular weight excluding hydrogens is 298 g/mol. The minimum atomic E-state index is -0.507. The minimum absolute atomic E-state index is 0.0685. The second-order valence-electron chi connectivity index (χ2n) is 4.79. The molecule has 0 saturated carbocycles. The molecule has 0 spiro atoms. The van der Waals surface area contributed by atoms with E-state index in [4.69, 9.17) is 4.74 Å². The molecule has 0 aliphatic carbocycles. The number of ether oxygens (including phenoxy) is 1. The molecular formula is C16H17N3O4. The van der Waals surface area contributed by atoms with Gasteiger partial charge in [-0.2, -0.15) is 0 Å². The quantitative estimate of drug-likeness (QED) is 0.633. The fraction of sp³-hybridized carbons (Fsp3) is 0.188. The van der Waals surface area contributed by atoms with Gasteiger partial charge in [-0.05, 0) is 30.2 Å². The lowest BCUT2D eigenvalue weighted by molar-refractivity contribution is -0.384. The number of carbonyl (C=O) groups is 1. The molecule has 7 nitrogen and oxygen atoms in total. The Morgan fingerprint density at radius 1 is 1.22 bits per heavy atom. The molecule has 0 aliphatic heterocycles. The number of hydrogen-bond acceptors (Lipinski definition) is 4. The van der Waals surface area contributed by atoms with Gasteiger partial charge in [-0.25, -0.2) is 4.79 Å². The molecule has 0 saturated heterocycles. The van der Waals surface area contributed by atoms with Gasteiger partial charge in [0.15, 0.2) is 0 Å². The highest BCUT2D eigenvalue weighted by atomic mass is 16.6. The van der Waals surface area contributed by atoms with Gasteiger partial charge in [0, 0.05) is 24.4 Å². The first kappa shape index (κ1) is 16.3. The largest absolute Gasteiger partial charge is 0.497 e. The van der Waals surface area contributed by atoms with Crippen LogP contribution in [0.3, 0.4) is 0 Å². The molecule has 23 heavy (non-hydrogen) atoms. The summed E-state index contributed by atoms with van der Waals surface area (Å²) in [4.78, 5) is 21.9. The lowest BCUT2D eigenvalue weighted by Crippen LogP contribution is -2.30. The minimum Gasteiger partial charge on any atom is -0.497 e. The Bertz CT molecular complexity index is 686. The number of benzene rings is 2. The highest BCUT2D eigenvalue weighted by Crippen LogP contribution is 2.16. The van der Waals surface area contributed by atoms with Gasteiger partial charge in [0.1, 0.15) is 5.75 Å². The van der Waals surface area contributed by atoms with Crippen LogP contribution in [0.15, 0.2) is 48.5 Å². The van der Waals surface area contributed by atoms with Gasteiger partial charge in [-0.3, -0.25) is 10.1 Å². The molecule has 0 unspecified atom stereocenters. The van der Waals surface area contributed by atoms with Gasteiger partial charge in [0.25, 0.3) is 5.69 Å². The van der Waals surface area contributed by atoms with Gasteiger partial charge in [0.2, 0.25) is 0 Å². The number of nitro benzene ring substituents is 1. The highest BCUT2D eigenvalue weighted by molar-refractivity contribution is 5.89. The second kappa shape index (κ2) is 7.79. The number of nitro groups is 1. The number of hydrogen-bond donors (Lipinski definition) is 2. The normalized spacial score (nSPS) is 9.96. The molecule has 0 radical (unpaired) electrons. The summed E-state index contributed by atoms with van der Waals surface area (Å²) in [6, 6.07) is 13.0. The third-order valence-electron chi connectivity index (χ3n) is 3.17. The summed E-state index contributed by atoms with van der Waals surface area (Å²) in [7, 11) is 1.61. The van der Waals surface area contributed by atoms with Crippen molar-refractivity contribution in [3.8, 4) is 5.75 Å². The number of amides is 2. The SMILES string of the molecule is COc1ccc(CCNC(=O)Nc2cccc([N+](=O)[O-])c2)cc1. The van der Waals surface area contributed by atoms with Crippen molar-refractivity contribution in [1.82, 2.24) is 5.32 Å². The Balaban J connectivity index is 1.80. The van der Waals surface area contributed by atoms with Crippen LogP contribution in [0.25, 0.3) is 0 Å². The molecule has 0 bridgehead atoms. The third-order valence-corrected chi connectivity index (χ3v) is 3.17.